The number of benzene rings is 1. The van der Waals surface area contributed by atoms with Gasteiger partial charge in [0.15, 0.2) is 0 Å². The quantitative estimate of drug-likeness (QED) is 0.768. The van der Waals surface area contributed by atoms with Gasteiger partial charge < -0.3 is 5.11 Å². The van der Waals surface area contributed by atoms with Crippen molar-refractivity contribution in [3.8, 4) is 0 Å². The predicted molar refractivity (Wildman–Crippen MR) is 60.7 cm³/mol. The van der Waals surface area contributed by atoms with Gasteiger partial charge in [-0.3, -0.25) is 0 Å². The van der Waals surface area contributed by atoms with Crippen LogP contribution in [-0.2, 0) is 6.42 Å². The van der Waals surface area contributed by atoms with Crippen LogP contribution >= 0.6 is 11.8 Å². The molecular weight excluding hydrogens is 192 g/mol. The van der Waals surface area contributed by atoms with E-state index in [2.05, 4.69) is 30.5 Å². The molecule has 1 aliphatic rings. The summed E-state index contributed by atoms with van der Waals surface area (Å²) in [5, 5.41) is 9.71. The number of aliphatic hydroxyl groups is 1. The molecule has 1 nitrogen and oxygen atoms in total. The molecule has 0 spiro atoms. The predicted octanol–water partition coefficient (Wildman–Crippen LogP) is 2.87. The highest BCUT2D eigenvalue weighted by atomic mass is 32.2. The molecule has 1 saturated carbocycles. The molecular formula is C12H16OS. The molecule has 0 saturated heterocycles. The molecule has 1 aromatic rings. The molecule has 1 N–H and O–H groups in total. The molecule has 1 aliphatic carbocycles. The van der Waals surface area contributed by atoms with Gasteiger partial charge in [-0.05, 0) is 49.6 Å². The third kappa shape index (κ3) is 2.52. The van der Waals surface area contributed by atoms with Crippen molar-refractivity contribution < 1.29 is 5.11 Å². The third-order valence-electron chi connectivity index (χ3n) is 2.84. The topological polar surface area (TPSA) is 20.2 Å². The van der Waals surface area contributed by atoms with Gasteiger partial charge in [-0.2, -0.15) is 0 Å². The van der Waals surface area contributed by atoms with Gasteiger partial charge in [0, 0.05) is 4.90 Å². The Morgan fingerprint density at radius 2 is 2.21 bits per heavy atom. The SMILES string of the molecule is CSc1cccc(CCC2(O)CC2)c1. The van der Waals surface area contributed by atoms with Crippen LogP contribution in [0, 0.1) is 0 Å². The zero-order valence-electron chi connectivity index (χ0n) is 8.49. The monoisotopic (exact) mass is 208 g/mol. The summed E-state index contributed by atoms with van der Waals surface area (Å²) in [5.41, 5.74) is 1.03. The highest BCUT2D eigenvalue weighted by molar-refractivity contribution is 7.98. The highest BCUT2D eigenvalue weighted by Crippen LogP contribution is 2.39. The number of hydrogen-bond acceptors (Lipinski definition) is 2. The van der Waals surface area contributed by atoms with Crippen LogP contribution in [-0.4, -0.2) is 17.0 Å². The fraction of sp³-hybridized carbons (Fsp3) is 0.500. The Morgan fingerprint density at radius 3 is 2.86 bits per heavy atom. The zero-order valence-corrected chi connectivity index (χ0v) is 9.31. The third-order valence-corrected chi connectivity index (χ3v) is 3.57. The van der Waals surface area contributed by atoms with E-state index in [1.54, 1.807) is 11.8 Å². The van der Waals surface area contributed by atoms with Crippen molar-refractivity contribution in [2.45, 2.75) is 36.2 Å². The Morgan fingerprint density at radius 1 is 1.43 bits per heavy atom. The number of rotatable bonds is 4. The largest absolute Gasteiger partial charge is 0.390 e. The van der Waals surface area contributed by atoms with Crippen LogP contribution in [0.25, 0.3) is 0 Å². The second-order valence-corrected chi connectivity index (χ2v) is 4.96. The molecule has 0 heterocycles. The van der Waals surface area contributed by atoms with E-state index in [9.17, 15) is 5.11 Å². The molecule has 76 valence electrons. The van der Waals surface area contributed by atoms with Crippen LogP contribution in [0.4, 0.5) is 0 Å². The molecule has 14 heavy (non-hydrogen) atoms. The molecule has 0 amide bonds. The molecule has 0 radical (unpaired) electrons. The number of thioether (sulfide) groups is 1. The average Bonchev–Trinajstić information content (AvgIpc) is 2.95. The fourth-order valence-electron chi connectivity index (χ4n) is 1.60. The second kappa shape index (κ2) is 3.95. The van der Waals surface area contributed by atoms with Gasteiger partial charge in [-0.1, -0.05) is 12.1 Å². The summed E-state index contributed by atoms with van der Waals surface area (Å²) < 4.78 is 0. The van der Waals surface area contributed by atoms with Gasteiger partial charge in [0.25, 0.3) is 0 Å². The molecule has 2 rings (SSSR count). The van der Waals surface area contributed by atoms with Crippen LogP contribution < -0.4 is 0 Å². The Balaban J connectivity index is 1.94. The summed E-state index contributed by atoms with van der Waals surface area (Å²) in [6, 6.07) is 8.58. The van der Waals surface area contributed by atoms with Crippen LogP contribution in [0.3, 0.4) is 0 Å². The lowest BCUT2D eigenvalue weighted by atomic mass is 10.1. The van der Waals surface area contributed by atoms with Crippen LogP contribution in [0.5, 0.6) is 0 Å². The van der Waals surface area contributed by atoms with Crippen molar-refractivity contribution in [1.29, 1.82) is 0 Å². The lowest BCUT2D eigenvalue weighted by Gasteiger charge is -2.07. The van der Waals surface area contributed by atoms with Crippen molar-refractivity contribution in [3.05, 3.63) is 29.8 Å². The maximum absolute atomic E-state index is 9.71. The minimum Gasteiger partial charge on any atom is -0.390 e. The molecule has 0 aliphatic heterocycles. The van der Waals surface area contributed by atoms with Crippen molar-refractivity contribution in [3.63, 3.8) is 0 Å². The molecule has 1 fully saturated rings. The first-order chi connectivity index (χ1) is 6.72. The Hall–Kier alpha value is -0.470. The van der Waals surface area contributed by atoms with Gasteiger partial charge in [0.2, 0.25) is 0 Å². The van der Waals surface area contributed by atoms with Crippen molar-refractivity contribution in [1.82, 2.24) is 0 Å². The Labute approximate surface area is 89.5 Å². The van der Waals surface area contributed by atoms with E-state index in [1.807, 2.05) is 0 Å². The molecule has 0 bridgehead atoms. The first-order valence-electron chi connectivity index (χ1n) is 5.07. The summed E-state index contributed by atoms with van der Waals surface area (Å²) in [7, 11) is 0. The molecule has 0 aromatic heterocycles. The van der Waals surface area contributed by atoms with E-state index in [0.717, 1.165) is 25.7 Å². The zero-order chi connectivity index (χ0) is 10.0. The fourth-order valence-corrected chi connectivity index (χ4v) is 2.08. The summed E-state index contributed by atoms with van der Waals surface area (Å²) >= 11 is 1.77. The van der Waals surface area contributed by atoms with E-state index in [0.29, 0.717) is 0 Å². The molecule has 0 atom stereocenters. The molecule has 0 unspecified atom stereocenters. The van der Waals surface area contributed by atoms with Crippen LogP contribution in [0.1, 0.15) is 24.8 Å². The van der Waals surface area contributed by atoms with Gasteiger partial charge in [0.05, 0.1) is 5.60 Å². The van der Waals surface area contributed by atoms with Crippen molar-refractivity contribution in [2.75, 3.05) is 6.26 Å². The average molecular weight is 208 g/mol. The molecule has 1 aromatic carbocycles. The molecule has 2 heteroatoms. The minimum atomic E-state index is -0.310. The highest BCUT2D eigenvalue weighted by Gasteiger charge is 2.39. The lowest BCUT2D eigenvalue weighted by Crippen LogP contribution is -2.07. The van der Waals surface area contributed by atoms with Gasteiger partial charge in [-0.25, -0.2) is 0 Å². The van der Waals surface area contributed by atoms with Gasteiger partial charge >= 0.3 is 0 Å². The van der Waals surface area contributed by atoms with E-state index in [1.165, 1.54) is 10.5 Å². The minimum absolute atomic E-state index is 0.310. The summed E-state index contributed by atoms with van der Waals surface area (Å²) in [4.78, 5) is 1.31. The van der Waals surface area contributed by atoms with E-state index in [-0.39, 0.29) is 5.60 Å². The standard InChI is InChI=1S/C12H16OS/c1-14-11-4-2-3-10(9-11)5-6-12(13)7-8-12/h2-4,9,13H,5-8H2,1H3. The first kappa shape index (κ1) is 10.1. The summed E-state index contributed by atoms with van der Waals surface area (Å²) in [6.45, 7) is 0. The Bertz CT molecular complexity index is 318. The van der Waals surface area contributed by atoms with Gasteiger partial charge in [0.1, 0.15) is 0 Å². The second-order valence-electron chi connectivity index (χ2n) is 4.08. The van der Waals surface area contributed by atoms with Crippen LogP contribution in [0.2, 0.25) is 0 Å². The van der Waals surface area contributed by atoms with Gasteiger partial charge in [-0.15, -0.1) is 11.8 Å². The van der Waals surface area contributed by atoms with Crippen LogP contribution in [0.15, 0.2) is 29.2 Å². The van der Waals surface area contributed by atoms with E-state index in [4.69, 9.17) is 0 Å². The maximum Gasteiger partial charge on any atom is 0.0653 e. The van der Waals surface area contributed by atoms with Crippen molar-refractivity contribution in [2.24, 2.45) is 0 Å². The van der Waals surface area contributed by atoms with E-state index < -0.39 is 0 Å². The first-order valence-corrected chi connectivity index (χ1v) is 6.30. The summed E-state index contributed by atoms with van der Waals surface area (Å²) in [5.74, 6) is 0. The van der Waals surface area contributed by atoms with Crippen molar-refractivity contribution >= 4 is 11.8 Å². The smallest absolute Gasteiger partial charge is 0.0653 e. The number of aryl methyl sites for hydroxylation is 1. The normalized spacial score (nSPS) is 18.1. The maximum atomic E-state index is 9.71. The lowest BCUT2D eigenvalue weighted by molar-refractivity contribution is 0.140. The van der Waals surface area contributed by atoms with E-state index >= 15 is 0 Å². The number of hydrogen-bond donors (Lipinski definition) is 1. The Kier molecular flexibility index (Phi) is 2.84. The summed E-state index contributed by atoms with van der Waals surface area (Å²) in [6.07, 6.45) is 6.01.